The molecule has 0 spiro atoms. The molecule has 148 valence electrons. The minimum absolute atomic E-state index is 0.0212. The summed E-state index contributed by atoms with van der Waals surface area (Å²) < 4.78 is 29.6. The molecule has 9 heteroatoms. The van der Waals surface area contributed by atoms with Gasteiger partial charge in [-0.05, 0) is 37.5 Å². The van der Waals surface area contributed by atoms with Crippen LogP contribution in [0.15, 0.2) is 54.1 Å². The van der Waals surface area contributed by atoms with Gasteiger partial charge in [0.1, 0.15) is 4.90 Å². The van der Waals surface area contributed by atoms with E-state index >= 15 is 0 Å². The topological polar surface area (TPSA) is 84.3 Å². The number of amides is 1. The van der Waals surface area contributed by atoms with Crippen molar-refractivity contribution in [2.75, 3.05) is 13.1 Å². The molecule has 1 aromatic carbocycles. The van der Waals surface area contributed by atoms with Gasteiger partial charge in [0, 0.05) is 18.3 Å². The van der Waals surface area contributed by atoms with Gasteiger partial charge in [-0.15, -0.1) is 11.8 Å². The largest absolute Gasteiger partial charge is 0.341 e. The van der Waals surface area contributed by atoms with E-state index in [2.05, 4.69) is 17.0 Å². The zero-order valence-corrected chi connectivity index (χ0v) is 17.1. The van der Waals surface area contributed by atoms with Crippen LogP contribution in [0.25, 0.3) is 5.69 Å². The van der Waals surface area contributed by atoms with Gasteiger partial charge < -0.3 is 5.32 Å². The molecular formula is C19H22N4O3S2. The fourth-order valence-electron chi connectivity index (χ4n) is 3.85. The second-order valence-corrected chi connectivity index (χ2v) is 10.4. The Labute approximate surface area is 168 Å². The first-order valence-electron chi connectivity index (χ1n) is 9.08. The van der Waals surface area contributed by atoms with Crippen molar-refractivity contribution >= 4 is 27.7 Å². The summed E-state index contributed by atoms with van der Waals surface area (Å²) in [7, 11) is -3.61. The molecule has 0 saturated carbocycles. The van der Waals surface area contributed by atoms with Crippen molar-refractivity contribution in [3.05, 3.63) is 54.9 Å². The van der Waals surface area contributed by atoms with E-state index in [0.29, 0.717) is 18.8 Å². The molecule has 2 aromatic rings. The summed E-state index contributed by atoms with van der Waals surface area (Å²) >= 11 is 1.64. The van der Waals surface area contributed by atoms with Crippen LogP contribution >= 0.6 is 11.8 Å². The van der Waals surface area contributed by atoms with Gasteiger partial charge in [-0.3, -0.25) is 4.79 Å². The number of hydrogen-bond acceptors (Lipinski definition) is 5. The number of nitrogens with zero attached hydrogens (tertiary/aromatic N) is 3. The van der Waals surface area contributed by atoms with Gasteiger partial charge in [-0.2, -0.15) is 9.40 Å². The summed E-state index contributed by atoms with van der Waals surface area (Å²) in [5, 5.41) is 7.41. The summed E-state index contributed by atoms with van der Waals surface area (Å²) in [5.41, 5.74) is 1.43. The molecule has 0 bridgehead atoms. The molecule has 2 fully saturated rings. The molecule has 3 heterocycles. The van der Waals surface area contributed by atoms with Crippen LogP contribution < -0.4 is 5.32 Å². The van der Waals surface area contributed by atoms with Gasteiger partial charge >= 0.3 is 0 Å². The fourth-order valence-corrected chi connectivity index (χ4v) is 7.26. The average Bonchev–Trinajstić information content (AvgIpc) is 3.35. The maximum Gasteiger partial charge on any atom is 0.246 e. The monoisotopic (exact) mass is 418 g/mol. The number of aromatic nitrogens is 2. The second kappa shape index (κ2) is 7.38. The molecule has 2 saturated heterocycles. The average molecular weight is 419 g/mol. The van der Waals surface area contributed by atoms with Crippen molar-refractivity contribution < 1.29 is 13.2 Å². The van der Waals surface area contributed by atoms with E-state index in [1.165, 1.54) is 12.3 Å². The molecule has 0 aliphatic carbocycles. The number of benzene rings is 1. The molecule has 7 nitrogen and oxygen atoms in total. The molecule has 4 rings (SSSR count). The third-order valence-electron chi connectivity index (χ3n) is 5.28. The van der Waals surface area contributed by atoms with Gasteiger partial charge in [-0.1, -0.05) is 24.8 Å². The van der Waals surface area contributed by atoms with E-state index in [4.69, 9.17) is 0 Å². The summed E-state index contributed by atoms with van der Waals surface area (Å²) in [6.45, 7) is 6.17. The molecule has 2 aliphatic rings. The zero-order chi connectivity index (χ0) is 19.9. The van der Waals surface area contributed by atoms with Crippen molar-refractivity contribution in [1.82, 2.24) is 19.4 Å². The minimum atomic E-state index is -3.61. The van der Waals surface area contributed by atoms with Crippen LogP contribution in [0.5, 0.6) is 0 Å². The van der Waals surface area contributed by atoms with Gasteiger partial charge in [0.05, 0.1) is 23.0 Å². The molecule has 1 N–H and O–H groups in total. The van der Waals surface area contributed by atoms with Gasteiger partial charge in [0.2, 0.25) is 15.9 Å². The fraction of sp³-hybridized carbons (Fsp3) is 0.368. The Morgan fingerprint density at radius 2 is 2.07 bits per heavy atom. The molecule has 1 aromatic heterocycles. The zero-order valence-electron chi connectivity index (χ0n) is 15.5. The highest BCUT2D eigenvalue weighted by molar-refractivity contribution is 8.00. The number of fused-ring (bicyclic) bond motifs is 1. The number of thioether (sulfide) groups is 1. The Morgan fingerprint density at radius 3 is 2.75 bits per heavy atom. The predicted octanol–water partition coefficient (Wildman–Crippen LogP) is 1.94. The normalized spacial score (nSPS) is 24.8. The molecule has 3 unspecified atom stereocenters. The third kappa shape index (κ3) is 3.38. The number of carbonyl (C=O) groups is 1. The van der Waals surface area contributed by atoms with Crippen LogP contribution in [-0.4, -0.2) is 52.1 Å². The van der Waals surface area contributed by atoms with Gasteiger partial charge in [0.25, 0.3) is 0 Å². The SMILES string of the molecule is C=CC(=O)NC1CC2CN(S(=O)(=O)c3cnn(-c4ccccc4)c3C)CC2S1. The summed E-state index contributed by atoms with van der Waals surface area (Å²) in [6, 6.07) is 9.48. The number of sulfonamides is 1. The van der Waals surface area contributed by atoms with Crippen LogP contribution in [0.4, 0.5) is 0 Å². The maximum absolute atomic E-state index is 13.2. The lowest BCUT2D eigenvalue weighted by molar-refractivity contribution is -0.116. The Bertz CT molecular complexity index is 989. The molecule has 2 aliphatic heterocycles. The first-order valence-corrected chi connectivity index (χ1v) is 11.5. The van der Waals surface area contributed by atoms with Gasteiger partial charge in [0.15, 0.2) is 0 Å². The summed E-state index contributed by atoms with van der Waals surface area (Å²) in [4.78, 5) is 11.7. The van der Waals surface area contributed by atoms with Crippen LogP contribution in [0.2, 0.25) is 0 Å². The van der Waals surface area contributed by atoms with Crippen LogP contribution in [-0.2, 0) is 14.8 Å². The molecular weight excluding hydrogens is 396 g/mol. The lowest BCUT2D eigenvalue weighted by Gasteiger charge is -2.19. The van der Waals surface area contributed by atoms with Crippen molar-refractivity contribution in [3.8, 4) is 5.69 Å². The highest BCUT2D eigenvalue weighted by Gasteiger charge is 2.46. The van der Waals surface area contributed by atoms with E-state index in [1.54, 1.807) is 27.7 Å². The van der Waals surface area contributed by atoms with E-state index in [9.17, 15) is 13.2 Å². The lowest BCUT2D eigenvalue weighted by Crippen LogP contribution is -2.33. The molecule has 28 heavy (non-hydrogen) atoms. The first kappa shape index (κ1) is 19.2. The van der Waals surface area contributed by atoms with Crippen LogP contribution in [0.1, 0.15) is 12.1 Å². The van der Waals surface area contributed by atoms with Crippen molar-refractivity contribution in [1.29, 1.82) is 0 Å². The van der Waals surface area contributed by atoms with E-state index < -0.39 is 10.0 Å². The highest BCUT2D eigenvalue weighted by Crippen LogP contribution is 2.43. The number of nitrogens with one attached hydrogen (secondary N) is 1. The number of rotatable bonds is 5. The van der Waals surface area contributed by atoms with Crippen molar-refractivity contribution in [3.63, 3.8) is 0 Å². The number of hydrogen-bond donors (Lipinski definition) is 1. The van der Waals surface area contributed by atoms with Crippen molar-refractivity contribution in [2.45, 2.75) is 28.9 Å². The quantitative estimate of drug-likeness (QED) is 0.750. The second-order valence-electron chi connectivity index (χ2n) is 7.04. The molecule has 0 radical (unpaired) electrons. The van der Waals surface area contributed by atoms with Crippen LogP contribution in [0, 0.1) is 12.8 Å². The summed E-state index contributed by atoms with van der Waals surface area (Å²) in [6.07, 6.45) is 3.47. The smallest absolute Gasteiger partial charge is 0.246 e. The Morgan fingerprint density at radius 1 is 1.32 bits per heavy atom. The van der Waals surface area contributed by atoms with E-state index in [0.717, 1.165) is 12.1 Å². The maximum atomic E-state index is 13.2. The minimum Gasteiger partial charge on any atom is -0.341 e. The summed E-state index contributed by atoms with van der Waals surface area (Å²) in [5.74, 6) is 0.0465. The Hall–Kier alpha value is -2.10. The van der Waals surface area contributed by atoms with E-state index in [-0.39, 0.29) is 27.3 Å². The third-order valence-corrected chi connectivity index (χ3v) is 8.73. The number of para-hydroxylation sites is 1. The standard InChI is InChI=1S/C19H22N4O3S2/c1-3-18(24)21-19-9-14-11-22(12-16(14)27-19)28(25,26)17-10-20-23(13(17)2)15-7-5-4-6-8-15/h3-8,10,14,16,19H,1,9,11-12H2,2H3,(H,21,24). The first-order chi connectivity index (χ1) is 13.4. The van der Waals surface area contributed by atoms with Crippen molar-refractivity contribution in [2.24, 2.45) is 5.92 Å². The number of carbonyl (C=O) groups excluding carboxylic acids is 1. The predicted molar refractivity (Wildman–Crippen MR) is 109 cm³/mol. The highest BCUT2D eigenvalue weighted by atomic mass is 32.2. The Balaban J connectivity index is 1.50. The van der Waals surface area contributed by atoms with E-state index in [1.807, 2.05) is 30.3 Å². The van der Waals surface area contributed by atoms with Crippen LogP contribution in [0.3, 0.4) is 0 Å². The van der Waals surface area contributed by atoms with Gasteiger partial charge in [-0.25, -0.2) is 13.1 Å². The lowest BCUT2D eigenvalue weighted by atomic mass is 10.1. The molecule has 1 amide bonds. The Kier molecular flexibility index (Phi) is 5.07. The molecule has 3 atom stereocenters.